The van der Waals surface area contributed by atoms with Crippen molar-refractivity contribution in [2.24, 2.45) is 0 Å². The Bertz CT molecular complexity index is 537. The van der Waals surface area contributed by atoms with Crippen LogP contribution in [0.4, 0.5) is 5.69 Å². The fraction of sp³-hybridized carbons (Fsp3) is 0.143. The molecule has 1 atom stereocenters. The van der Waals surface area contributed by atoms with Gasteiger partial charge in [-0.3, -0.25) is 0 Å². The molecule has 0 saturated heterocycles. The molecular formula is C14H12Br3N. The Kier molecular flexibility index (Phi) is 4.87. The Labute approximate surface area is 132 Å². The van der Waals surface area contributed by atoms with Gasteiger partial charge in [-0.1, -0.05) is 44.0 Å². The highest BCUT2D eigenvalue weighted by atomic mass is 79.9. The highest BCUT2D eigenvalue weighted by Gasteiger charge is 2.07. The second-order valence-corrected chi connectivity index (χ2v) is 6.73. The molecule has 94 valence electrons. The summed E-state index contributed by atoms with van der Waals surface area (Å²) in [6, 6.07) is 14.7. The lowest BCUT2D eigenvalue weighted by Crippen LogP contribution is -2.06. The van der Waals surface area contributed by atoms with Gasteiger partial charge in [0.1, 0.15) is 0 Å². The van der Waals surface area contributed by atoms with Gasteiger partial charge in [0.05, 0.1) is 5.69 Å². The van der Waals surface area contributed by atoms with Crippen LogP contribution in [0.1, 0.15) is 18.5 Å². The van der Waals surface area contributed by atoms with Gasteiger partial charge in [0, 0.05) is 19.5 Å². The van der Waals surface area contributed by atoms with Crippen LogP contribution in [-0.2, 0) is 0 Å². The van der Waals surface area contributed by atoms with Crippen molar-refractivity contribution in [1.29, 1.82) is 0 Å². The first kappa shape index (κ1) is 14.1. The molecule has 18 heavy (non-hydrogen) atoms. The summed E-state index contributed by atoms with van der Waals surface area (Å²) in [4.78, 5) is 0. The van der Waals surface area contributed by atoms with Crippen LogP contribution in [-0.4, -0.2) is 0 Å². The van der Waals surface area contributed by atoms with Gasteiger partial charge in [-0.05, 0) is 58.7 Å². The van der Waals surface area contributed by atoms with Crippen LogP contribution in [0, 0.1) is 0 Å². The average Bonchev–Trinajstić information content (AvgIpc) is 2.34. The predicted octanol–water partition coefficient (Wildman–Crippen LogP) is 6.15. The molecular weight excluding hydrogens is 422 g/mol. The quantitative estimate of drug-likeness (QED) is 0.612. The lowest BCUT2D eigenvalue weighted by molar-refractivity contribution is 0.883. The SMILES string of the molecule is CC(Nc1cc(Br)ccc1Br)c1ccc(Br)cc1. The van der Waals surface area contributed by atoms with E-state index in [1.807, 2.05) is 12.1 Å². The molecule has 0 saturated carbocycles. The summed E-state index contributed by atoms with van der Waals surface area (Å²) in [5.74, 6) is 0. The van der Waals surface area contributed by atoms with Crippen LogP contribution in [0.5, 0.6) is 0 Å². The smallest absolute Gasteiger partial charge is 0.0500 e. The first-order valence-electron chi connectivity index (χ1n) is 5.53. The van der Waals surface area contributed by atoms with Gasteiger partial charge in [-0.2, -0.15) is 0 Å². The lowest BCUT2D eigenvalue weighted by atomic mass is 10.1. The number of halogens is 3. The molecule has 0 aliphatic rings. The molecule has 0 heterocycles. The third-order valence-electron chi connectivity index (χ3n) is 2.67. The summed E-state index contributed by atoms with van der Waals surface area (Å²) in [6.45, 7) is 2.15. The second-order valence-electron chi connectivity index (χ2n) is 4.04. The molecule has 0 bridgehead atoms. The number of anilines is 1. The molecule has 0 fully saturated rings. The third-order valence-corrected chi connectivity index (χ3v) is 4.38. The van der Waals surface area contributed by atoms with E-state index in [1.165, 1.54) is 5.56 Å². The summed E-state index contributed by atoms with van der Waals surface area (Å²) in [5, 5.41) is 3.49. The highest BCUT2D eigenvalue weighted by Crippen LogP contribution is 2.29. The molecule has 2 aromatic carbocycles. The maximum atomic E-state index is 3.55. The zero-order chi connectivity index (χ0) is 13.1. The van der Waals surface area contributed by atoms with Crippen LogP contribution in [0.15, 0.2) is 55.9 Å². The molecule has 2 aromatic rings. The average molecular weight is 434 g/mol. The minimum absolute atomic E-state index is 0.253. The van der Waals surface area contributed by atoms with Crippen LogP contribution >= 0.6 is 47.8 Å². The Morgan fingerprint density at radius 3 is 2.17 bits per heavy atom. The van der Waals surface area contributed by atoms with E-state index in [2.05, 4.69) is 90.4 Å². The van der Waals surface area contributed by atoms with Crippen molar-refractivity contribution in [1.82, 2.24) is 0 Å². The zero-order valence-electron chi connectivity index (χ0n) is 9.75. The first-order chi connectivity index (χ1) is 8.56. The summed E-state index contributed by atoms with van der Waals surface area (Å²) in [7, 11) is 0. The number of benzene rings is 2. The van der Waals surface area contributed by atoms with Crippen molar-refractivity contribution >= 4 is 53.5 Å². The molecule has 0 aliphatic heterocycles. The van der Waals surface area contributed by atoms with Gasteiger partial charge >= 0.3 is 0 Å². The van der Waals surface area contributed by atoms with Gasteiger partial charge in [0.25, 0.3) is 0 Å². The molecule has 1 nitrogen and oxygen atoms in total. The van der Waals surface area contributed by atoms with E-state index in [4.69, 9.17) is 0 Å². The van der Waals surface area contributed by atoms with Crippen molar-refractivity contribution in [3.8, 4) is 0 Å². The molecule has 1 unspecified atom stereocenters. The van der Waals surface area contributed by atoms with E-state index in [-0.39, 0.29) is 6.04 Å². The monoisotopic (exact) mass is 431 g/mol. The summed E-state index contributed by atoms with van der Waals surface area (Å²) in [6.07, 6.45) is 0. The molecule has 0 aromatic heterocycles. The fourth-order valence-electron chi connectivity index (χ4n) is 1.68. The van der Waals surface area contributed by atoms with E-state index in [1.54, 1.807) is 0 Å². The van der Waals surface area contributed by atoms with Crippen molar-refractivity contribution in [2.45, 2.75) is 13.0 Å². The summed E-state index contributed by atoms with van der Waals surface area (Å²) >= 11 is 10.5. The number of rotatable bonds is 3. The Balaban J connectivity index is 2.18. The van der Waals surface area contributed by atoms with Gasteiger partial charge in [-0.15, -0.1) is 0 Å². The number of hydrogen-bond donors (Lipinski definition) is 1. The standard InChI is InChI=1S/C14H12Br3N/c1-9(10-2-4-11(15)5-3-10)18-14-8-12(16)6-7-13(14)17/h2-9,18H,1H3. The normalized spacial score (nSPS) is 12.2. The largest absolute Gasteiger partial charge is 0.378 e. The molecule has 1 N–H and O–H groups in total. The molecule has 4 heteroatoms. The van der Waals surface area contributed by atoms with E-state index in [0.29, 0.717) is 0 Å². The Morgan fingerprint density at radius 1 is 0.889 bits per heavy atom. The topological polar surface area (TPSA) is 12.0 Å². The fourth-order valence-corrected chi connectivity index (χ4v) is 2.66. The van der Waals surface area contributed by atoms with Crippen LogP contribution in [0.2, 0.25) is 0 Å². The van der Waals surface area contributed by atoms with Crippen molar-refractivity contribution in [2.75, 3.05) is 5.32 Å². The van der Waals surface area contributed by atoms with Gasteiger partial charge in [-0.25, -0.2) is 0 Å². The molecule has 0 aliphatic carbocycles. The third kappa shape index (κ3) is 3.59. The van der Waals surface area contributed by atoms with Crippen molar-refractivity contribution < 1.29 is 0 Å². The second kappa shape index (κ2) is 6.22. The van der Waals surface area contributed by atoms with Crippen LogP contribution in [0.3, 0.4) is 0 Å². The van der Waals surface area contributed by atoms with E-state index in [9.17, 15) is 0 Å². The van der Waals surface area contributed by atoms with Crippen LogP contribution < -0.4 is 5.32 Å². The lowest BCUT2D eigenvalue weighted by Gasteiger charge is -2.17. The molecule has 0 radical (unpaired) electrons. The highest BCUT2D eigenvalue weighted by molar-refractivity contribution is 9.11. The maximum absolute atomic E-state index is 3.55. The Morgan fingerprint density at radius 2 is 1.50 bits per heavy atom. The van der Waals surface area contributed by atoms with E-state index < -0.39 is 0 Å². The molecule has 2 rings (SSSR count). The Hall–Kier alpha value is -0.320. The number of hydrogen-bond acceptors (Lipinski definition) is 1. The summed E-state index contributed by atoms with van der Waals surface area (Å²) in [5.41, 5.74) is 2.34. The van der Waals surface area contributed by atoms with Crippen molar-refractivity contribution in [3.63, 3.8) is 0 Å². The summed E-state index contributed by atoms with van der Waals surface area (Å²) < 4.78 is 3.23. The minimum atomic E-state index is 0.253. The minimum Gasteiger partial charge on any atom is -0.378 e. The van der Waals surface area contributed by atoms with E-state index >= 15 is 0 Å². The zero-order valence-corrected chi connectivity index (χ0v) is 14.5. The maximum Gasteiger partial charge on any atom is 0.0500 e. The predicted molar refractivity (Wildman–Crippen MR) is 88.0 cm³/mol. The van der Waals surface area contributed by atoms with Crippen LogP contribution in [0.25, 0.3) is 0 Å². The first-order valence-corrected chi connectivity index (χ1v) is 7.91. The number of nitrogens with one attached hydrogen (secondary N) is 1. The van der Waals surface area contributed by atoms with Gasteiger partial charge in [0.2, 0.25) is 0 Å². The van der Waals surface area contributed by atoms with Gasteiger partial charge in [0.15, 0.2) is 0 Å². The molecule has 0 amide bonds. The van der Waals surface area contributed by atoms with Crippen molar-refractivity contribution in [3.05, 3.63) is 61.4 Å². The van der Waals surface area contributed by atoms with Gasteiger partial charge < -0.3 is 5.32 Å². The molecule has 0 spiro atoms. The van der Waals surface area contributed by atoms with E-state index in [0.717, 1.165) is 19.1 Å².